The first-order valence-electron chi connectivity index (χ1n) is 6.73. The number of carbonyl (C=O) groups excluding carboxylic acids is 1. The number of nitrogens with zero attached hydrogens (tertiary/aromatic N) is 2. The number of amides is 1. The SMILES string of the molecule is Cc1nn(C)c(C)c1C[C@@H](C)C(=O)NC[C@H](C)C(=O)O. The summed E-state index contributed by atoms with van der Waals surface area (Å²) in [6.07, 6.45) is 0.610. The van der Waals surface area contributed by atoms with Crippen LogP contribution >= 0.6 is 0 Å². The van der Waals surface area contributed by atoms with Crippen molar-refractivity contribution in [3.05, 3.63) is 17.0 Å². The average Bonchev–Trinajstić information content (AvgIpc) is 2.61. The fourth-order valence-corrected chi connectivity index (χ4v) is 2.03. The minimum atomic E-state index is -0.906. The lowest BCUT2D eigenvalue weighted by Gasteiger charge is -2.14. The number of aliphatic carboxylic acids is 1. The molecular weight excluding hydrogens is 258 g/mol. The number of hydrogen-bond acceptors (Lipinski definition) is 3. The van der Waals surface area contributed by atoms with Crippen LogP contribution in [0.1, 0.15) is 30.8 Å². The predicted molar refractivity (Wildman–Crippen MR) is 75.4 cm³/mol. The van der Waals surface area contributed by atoms with Crippen molar-refractivity contribution in [2.24, 2.45) is 18.9 Å². The maximum absolute atomic E-state index is 12.0. The molecule has 0 saturated carbocycles. The maximum Gasteiger partial charge on any atom is 0.308 e. The first-order chi connectivity index (χ1) is 9.23. The molecule has 1 aromatic rings. The van der Waals surface area contributed by atoms with Gasteiger partial charge in [0.15, 0.2) is 0 Å². The lowest BCUT2D eigenvalue weighted by atomic mass is 9.98. The summed E-state index contributed by atoms with van der Waals surface area (Å²) in [5.74, 6) is -1.82. The summed E-state index contributed by atoms with van der Waals surface area (Å²) >= 11 is 0. The zero-order valence-corrected chi connectivity index (χ0v) is 12.7. The van der Waals surface area contributed by atoms with E-state index >= 15 is 0 Å². The van der Waals surface area contributed by atoms with E-state index in [4.69, 9.17) is 5.11 Å². The molecular formula is C14H23N3O3. The number of carboxylic acid groups (broad SMARTS) is 1. The van der Waals surface area contributed by atoms with Gasteiger partial charge in [-0.15, -0.1) is 0 Å². The van der Waals surface area contributed by atoms with Crippen LogP contribution in [0.4, 0.5) is 0 Å². The molecule has 0 bridgehead atoms. The fraction of sp³-hybridized carbons (Fsp3) is 0.643. The summed E-state index contributed by atoms with van der Waals surface area (Å²) in [6, 6.07) is 0. The summed E-state index contributed by atoms with van der Waals surface area (Å²) in [7, 11) is 1.88. The highest BCUT2D eigenvalue weighted by Gasteiger charge is 2.19. The molecule has 0 saturated heterocycles. The third kappa shape index (κ3) is 3.82. The summed E-state index contributed by atoms with van der Waals surface area (Å²) in [5, 5.41) is 15.8. The van der Waals surface area contributed by atoms with E-state index in [0.29, 0.717) is 6.42 Å². The van der Waals surface area contributed by atoms with Crippen molar-refractivity contribution >= 4 is 11.9 Å². The van der Waals surface area contributed by atoms with Crippen molar-refractivity contribution < 1.29 is 14.7 Å². The van der Waals surface area contributed by atoms with E-state index in [0.717, 1.165) is 17.0 Å². The maximum atomic E-state index is 12.0. The summed E-state index contributed by atoms with van der Waals surface area (Å²) in [4.78, 5) is 22.7. The largest absolute Gasteiger partial charge is 0.481 e. The summed E-state index contributed by atoms with van der Waals surface area (Å²) in [5.41, 5.74) is 3.08. The highest BCUT2D eigenvalue weighted by Crippen LogP contribution is 2.17. The molecule has 0 radical (unpaired) electrons. The Bertz CT molecular complexity index is 508. The van der Waals surface area contributed by atoms with E-state index in [9.17, 15) is 9.59 Å². The lowest BCUT2D eigenvalue weighted by molar-refractivity contribution is -0.141. The van der Waals surface area contributed by atoms with Crippen molar-refractivity contribution in [3.8, 4) is 0 Å². The molecule has 0 spiro atoms. The molecule has 6 nitrogen and oxygen atoms in total. The molecule has 1 rings (SSSR count). The zero-order valence-electron chi connectivity index (χ0n) is 12.7. The van der Waals surface area contributed by atoms with Gasteiger partial charge >= 0.3 is 5.97 Å². The normalized spacial score (nSPS) is 13.8. The minimum Gasteiger partial charge on any atom is -0.481 e. The standard InChI is InChI=1S/C14H23N3O3/c1-8(13(18)15-7-9(2)14(19)20)6-12-10(3)16-17(5)11(12)4/h8-9H,6-7H2,1-5H3,(H,15,18)(H,19,20)/t8-,9+/m1/s1. The van der Waals surface area contributed by atoms with Crippen LogP contribution in [0.3, 0.4) is 0 Å². The number of nitrogens with one attached hydrogen (secondary N) is 1. The van der Waals surface area contributed by atoms with Gasteiger partial charge in [-0.25, -0.2) is 0 Å². The fourth-order valence-electron chi connectivity index (χ4n) is 2.03. The molecule has 1 heterocycles. The van der Waals surface area contributed by atoms with Gasteiger partial charge in [-0.2, -0.15) is 5.10 Å². The first-order valence-corrected chi connectivity index (χ1v) is 6.73. The van der Waals surface area contributed by atoms with Crippen molar-refractivity contribution in [2.45, 2.75) is 34.1 Å². The Balaban J connectivity index is 2.60. The van der Waals surface area contributed by atoms with Gasteiger partial charge < -0.3 is 10.4 Å². The molecule has 1 aromatic heterocycles. The Morgan fingerprint density at radius 2 is 1.90 bits per heavy atom. The van der Waals surface area contributed by atoms with E-state index in [1.54, 1.807) is 6.92 Å². The topological polar surface area (TPSA) is 84.2 Å². The van der Waals surface area contributed by atoms with Crippen LogP contribution in [0, 0.1) is 25.7 Å². The van der Waals surface area contributed by atoms with Gasteiger partial charge in [0.05, 0.1) is 11.6 Å². The van der Waals surface area contributed by atoms with Gasteiger partial charge in [-0.3, -0.25) is 14.3 Å². The Morgan fingerprint density at radius 3 is 2.35 bits per heavy atom. The molecule has 20 heavy (non-hydrogen) atoms. The van der Waals surface area contributed by atoms with E-state index in [2.05, 4.69) is 10.4 Å². The number of aromatic nitrogens is 2. The van der Waals surface area contributed by atoms with E-state index in [1.165, 1.54) is 0 Å². The second-order valence-corrected chi connectivity index (χ2v) is 5.36. The summed E-state index contributed by atoms with van der Waals surface area (Å²) in [6.45, 7) is 7.48. The molecule has 112 valence electrons. The van der Waals surface area contributed by atoms with Crippen molar-refractivity contribution in [2.75, 3.05) is 6.54 Å². The smallest absolute Gasteiger partial charge is 0.308 e. The van der Waals surface area contributed by atoms with Crippen LogP contribution in [0.15, 0.2) is 0 Å². The molecule has 0 aliphatic heterocycles. The molecule has 0 aromatic carbocycles. The van der Waals surface area contributed by atoms with Gasteiger partial charge in [0.1, 0.15) is 0 Å². The van der Waals surface area contributed by atoms with E-state index < -0.39 is 11.9 Å². The van der Waals surface area contributed by atoms with Gasteiger partial charge in [-0.1, -0.05) is 13.8 Å². The monoisotopic (exact) mass is 281 g/mol. The molecule has 6 heteroatoms. The number of carbonyl (C=O) groups is 2. The molecule has 0 aliphatic rings. The van der Waals surface area contributed by atoms with Crippen LogP contribution in [-0.4, -0.2) is 33.3 Å². The Labute approximate surface area is 119 Å². The Hall–Kier alpha value is -1.85. The van der Waals surface area contributed by atoms with Crippen molar-refractivity contribution in [1.82, 2.24) is 15.1 Å². The van der Waals surface area contributed by atoms with Gasteiger partial charge in [0.2, 0.25) is 5.91 Å². The van der Waals surface area contributed by atoms with Crippen LogP contribution in [0.5, 0.6) is 0 Å². The highest BCUT2D eigenvalue weighted by molar-refractivity contribution is 5.79. The second-order valence-electron chi connectivity index (χ2n) is 5.36. The molecule has 2 N–H and O–H groups in total. The number of aryl methyl sites for hydroxylation is 2. The van der Waals surface area contributed by atoms with Crippen LogP contribution in [-0.2, 0) is 23.1 Å². The van der Waals surface area contributed by atoms with Crippen molar-refractivity contribution in [1.29, 1.82) is 0 Å². The molecule has 0 aliphatic carbocycles. The molecule has 0 unspecified atom stereocenters. The number of carboxylic acids is 1. The minimum absolute atomic E-state index is 0.124. The summed E-state index contributed by atoms with van der Waals surface area (Å²) < 4.78 is 1.81. The van der Waals surface area contributed by atoms with Crippen molar-refractivity contribution in [3.63, 3.8) is 0 Å². The zero-order chi connectivity index (χ0) is 15.4. The van der Waals surface area contributed by atoms with Gasteiger partial charge in [0.25, 0.3) is 0 Å². The van der Waals surface area contributed by atoms with Crippen LogP contribution in [0.25, 0.3) is 0 Å². The second kappa shape index (κ2) is 6.54. The number of hydrogen-bond donors (Lipinski definition) is 2. The van der Waals surface area contributed by atoms with E-state index in [1.807, 2.05) is 32.5 Å². The van der Waals surface area contributed by atoms with Crippen LogP contribution in [0.2, 0.25) is 0 Å². The van der Waals surface area contributed by atoms with Crippen LogP contribution < -0.4 is 5.32 Å². The third-order valence-electron chi connectivity index (χ3n) is 3.62. The van der Waals surface area contributed by atoms with Gasteiger partial charge in [-0.05, 0) is 25.8 Å². The lowest BCUT2D eigenvalue weighted by Crippen LogP contribution is -2.35. The molecule has 2 atom stereocenters. The Morgan fingerprint density at radius 1 is 1.30 bits per heavy atom. The average molecular weight is 281 g/mol. The molecule has 1 amide bonds. The Kier molecular flexibility index (Phi) is 5.30. The predicted octanol–water partition coefficient (Wildman–Crippen LogP) is 1.05. The van der Waals surface area contributed by atoms with Gasteiger partial charge in [0, 0.05) is 25.2 Å². The molecule has 0 fully saturated rings. The third-order valence-corrected chi connectivity index (χ3v) is 3.62. The quantitative estimate of drug-likeness (QED) is 0.816. The number of rotatable bonds is 6. The first kappa shape index (κ1) is 16.2. The highest BCUT2D eigenvalue weighted by atomic mass is 16.4. The van der Waals surface area contributed by atoms with E-state index in [-0.39, 0.29) is 18.4 Å².